The number of nitrogens with one attached hydrogen (secondary N) is 1. The molecule has 0 saturated heterocycles. The van der Waals surface area contributed by atoms with Crippen LogP contribution >= 0.6 is 0 Å². The third-order valence-corrected chi connectivity index (χ3v) is 3.93. The Balaban J connectivity index is 2.50. The van der Waals surface area contributed by atoms with Crippen LogP contribution in [-0.2, 0) is 9.53 Å². The van der Waals surface area contributed by atoms with Crippen molar-refractivity contribution in [1.82, 2.24) is 5.32 Å². The summed E-state index contributed by atoms with van der Waals surface area (Å²) in [5, 5.41) is 3.01. The summed E-state index contributed by atoms with van der Waals surface area (Å²) >= 11 is 0. The highest BCUT2D eigenvalue weighted by atomic mass is 16.5. The van der Waals surface area contributed by atoms with E-state index in [9.17, 15) is 4.79 Å². The molecule has 1 aliphatic carbocycles. The third-order valence-electron chi connectivity index (χ3n) is 3.93. The van der Waals surface area contributed by atoms with Gasteiger partial charge in [0.1, 0.15) is 0 Å². The molecule has 1 rings (SSSR count). The zero-order valence-corrected chi connectivity index (χ0v) is 11.8. The molecule has 106 valence electrons. The Kier molecular flexibility index (Phi) is 6.65. The molecule has 0 radical (unpaired) electrons. The first-order valence-electron chi connectivity index (χ1n) is 7.24. The van der Waals surface area contributed by atoms with Crippen molar-refractivity contribution >= 4 is 5.91 Å². The molecule has 0 aliphatic heterocycles. The summed E-state index contributed by atoms with van der Waals surface area (Å²) in [6, 6.07) is 0. The summed E-state index contributed by atoms with van der Waals surface area (Å²) in [7, 11) is 0. The lowest BCUT2D eigenvalue weighted by Crippen LogP contribution is -2.47. The molecule has 1 saturated carbocycles. The minimum Gasteiger partial charge on any atom is -0.377 e. The van der Waals surface area contributed by atoms with E-state index in [0.29, 0.717) is 19.7 Å². The number of ether oxygens (including phenoxy) is 1. The van der Waals surface area contributed by atoms with Crippen molar-refractivity contribution in [1.29, 1.82) is 0 Å². The van der Waals surface area contributed by atoms with Gasteiger partial charge in [-0.05, 0) is 26.7 Å². The van der Waals surface area contributed by atoms with E-state index >= 15 is 0 Å². The van der Waals surface area contributed by atoms with Crippen molar-refractivity contribution in [2.24, 2.45) is 11.1 Å². The normalized spacial score (nSPS) is 21.1. The van der Waals surface area contributed by atoms with E-state index in [0.717, 1.165) is 25.7 Å². The molecule has 1 unspecified atom stereocenters. The van der Waals surface area contributed by atoms with Crippen LogP contribution in [0.15, 0.2) is 0 Å². The fourth-order valence-corrected chi connectivity index (χ4v) is 2.70. The van der Waals surface area contributed by atoms with Crippen molar-refractivity contribution in [2.75, 3.05) is 19.7 Å². The number of hydrogen-bond donors (Lipinski definition) is 2. The average Bonchev–Trinajstić information content (AvgIpc) is 2.62. The zero-order valence-electron chi connectivity index (χ0n) is 11.8. The van der Waals surface area contributed by atoms with E-state index in [2.05, 4.69) is 5.32 Å². The Hall–Kier alpha value is -0.610. The number of hydrogen-bond acceptors (Lipinski definition) is 3. The van der Waals surface area contributed by atoms with Crippen LogP contribution in [0, 0.1) is 5.41 Å². The molecule has 0 heterocycles. The van der Waals surface area contributed by atoms with Crippen LogP contribution in [0.4, 0.5) is 0 Å². The van der Waals surface area contributed by atoms with Crippen LogP contribution < -0.4 is 11.1 Å². The zero-order chi connectivity index (χ0) is 13.4. The second kappa shape index (κ2) is 7.74. The van der Waals surface area contributed by atoms with E-state index in [4.69, 9.17) is 10.5 Å². The molecule has 18 heavy (non-hydrogen) atoms. The first kappa shape index (κ1) is 15.4. The van der Waals surface area contributed by atoms with Crippen LogP contribution in [0.25, 0.3) is 0 Å². The lowest BCUT2D eigenvalue weighted by molar-refractivity contribution is -0.132. The van der Waals surface area contributed by atoms with Crippen LogP contribution in [0.1, 0.15) is 52.4 Å². The number of amides is 1. The first-order valence-corrected chi connectivity index (χ1v) is 7.24. The van der Waals surface area contributed by atoms with Crippen LogP contribution in [-0.4, -0.2) is 31.7 Å². The Morgan fingerprint density at radius 3 is 2.44 bits per heavy atom. The van der Waals surface area contributed by atoms with Crippen molar-refractivity contribution in [3.8, 4) is 0 Å². The summed E-state index contributed by atoms with van der Waals surface area (Å²) in [6.07, 6.45) is 6.61. The van der Waals surface area contributed by atoms with E-state index in [1.807, 2.05) is 13.8 Å². The van der Waals surface area contributed by atoms with E-state index < -0.39 is 0 Å². The minimum absolute atomic E-state index is 0.0690. The largest absolute Gasteiger partial charge is 0.377 e. The SMILES string of the molecule is CCOC(C)CNC(=O)C1(CN)CCCCCC1. The molecular weight excluding hydrogens is 228 g/mol. The fraction of sp³-hybridized carbons (Fsp3) is 0.929. The Labute approximate surface area is 111 Å². The maximum absolute atomic E-state index is 12.4. The Morgan fingerprint density at radius 2 is 1.94 bits per heavy atom. The number of carbonyl (C=O) groups excluding carboxylic acids is 1. The molecule has 0 bridgehead atoms. The molecule has 3 N–H and O–H groups in total. The van der Waals surface area contributed by atoms with Gasteiger partial charge < -0.3 is 15.8 Å². The fourth-order valence-electron chi connectivity index (χ4n) is 2.70. The van der Waals surface area contributed by atoms with Gasteiger partial charge in [-0.1, -0.05) is 25.7 Å². The van der Waals surface area contributed by atoms with Crippen LogP contribution in [0.3, 0.4) is 0 Å². The molecular formula is C14H28N2O2. The molecule has 0 aromatic carbocycles. The maximum Gasteiger partial charge on any atom is 0.227 e. The van der Waals surface area contributed by atoms with Gasteiger partial charge >= 0.3 is 0 Å². The predicted molar refractivity (Wildman–Crippen MR) is 73.3 cm³/mol. The summed E-state index contributed by atoms with van der Waals surface area (Å²) in [6.45, 7) is 5.66. The van der Waals surface area contributed by atoms with E-state index in [1.165, 1.54) is 12.8 Å². The summed E-state index contributed by atoms with van der Waals surface area (Å²) in [4.78, 5) is 12.4. The molecule has 0 spiro atoms. The quantitative estimate of drug-likeness (QED) is 0.713. The lowest BCUT2D eigenvalue weighted by Gasteiger charge is -2.30. The van der Waals surface area contributed by atoms with E-state index in [1.54, 1.807) is 0 Å². The van der Waals surface area contributed by atoms with Gasteiger partial charge in [0.25, 0.3) is 0 Å². The second-order valence-corrected chi connectivity index (χ2v) is 5.37. The number of rotatable bonds is 6. The maximum atomic E-state index is 12.4. The summed E-state index contributed by atoms with van der Waals surface area (Å²) < 4.78 is 5.42. The van der Waals surface area contributed by atoms with Crippen molar-refractivity contribution < 1.29 is 9.53 Å². The van der Waals surface area contributed by atoms with Crippen LogP contribution in [0.2, 0.25) is 0 Å². The average molecular weight is 256 g/mol. The van der Waals surface area contributed by atoms with Crippen LogP contribution in [0.5, 0.6) is 0 Å². The van der Waals surface area contributed by atoms with Crippen molar-refractivity contribution in [2.45, 2.75) is 58.5 Å². The predicted octanol–water partition coefficient (Wildman–Crippen LogP) is 1.83. The standard InChI is InChI=1S/C14H28N2O2/c1-3-18-12(2)10-16-13(17)14(11-15)8-6-4-5-7-9-14/h12H,3-11,15H2,1-2H3,(H,16,17). The number of carbonyl (C=O) groups is 1. The summed E-state index contributed by atoms with van der Waals surface area (Å²) in [5.74, 6) is 0.124. The second-order valence-electron chi connectivity index (χ2n) is 5.37. The summed E-state index contributed by atoms with van der Waals surface area (Å²) in [5.41, 5.74) is 5.55. The van der Waals surface area contributed by atoms with Crippen molar-refractivity contribution in [3.05, 3.63) is 0 Å². The monoisotopic (exact) mass is 256 g/mol. The molecule has 1 aliphatic rings. The molecule has 1 fully saturated rings. The van der Waals surface area contributed by atoms with E-state index in [-0.39, 0.29) is 17.4 Å². The lowest BCUT2D eigenvalue weighted by atomic mass is 9.79. The molecule has 4 nitrogen and oxygen atoms in total. The Bertz CT molecular complexity index is 248. The highest BCUT2D eigenvalue weighted by molar-refractivity contribution is 5.82. The molecule has 1 atom stereocenters. The van der Waals surface area contributed by atoms with Gasteiger partial charge in [0.2, 0.25) is 5.91 Å². The topological polar surface area (TPSA) is 64.3 Å². The van der Waals surface area contributed by atoms with Gasteiger partial charge in [0.15, 0.2) is 0 Å². The minimum atomic E-state index is -0.331. The third kappa shape index (κ3) is 4.25. The van der Waals surface area contributed by atoms with Gasteiger partial charge in [0.05, 0.1) is 11.5 Å². The first-order chi connectivity index (χ1) is 8.64. The molecule has 1 amide bonds. The molecule has 0 aromatic heterocycles. The van der Waals surface area contributed by atoms with Gasteiger partial charge in [-0.2, -0.15) is 0 Å². The van der Waals surface area contributed by atoms with Gasteiger partial charge in [-0.25, -0.2) is 0 Å². The van der Waals surface area contributed by atoms with Crippen molar-refractivity contribution in [3.63, 3.8) is 0 Å². The van der Waals surface area contributed by atoms with Gasteiger partial charge in [-0.3, -0.25) is 4.79 Å². The number of nitrogens with two attached hydrogens (primary N) is 1. The highest BCUT2D eigenvalue weighted by Crippen LogP contribution is 2.34. The smallest absolute Gasteiger partial charge is 0.227 e. The van der Waals surface area contributed by atoms with Gasteiger partial charge in [-0.15, -0.1) is 0 Å². The highest BCUT2D eigenvalue weighted by Gasteiger charge is 2.37. The molecule has 0 aromatic rings. The van der Waals surface area contributed by atoms with Gasteiger partial charge in [0, 0.05) is 19.7 Å². The molecule has 4 heteroatoms. The Morgan fingerprint density at radius 1 is 1.33 bits per heavy atom.